The monoisotopic (exact) mass is 448 g/mol. The summed E-state index contributed by atoms with van der Waals surface area (Å²) in [5.41, 5.74) is 3.80. The van der Waals surface area contributed by atoms with Crippen LogP contribution in [0.3, 0.4) is 0 Å². The van der Waals surface area contributed by atoms with E-state index in [1.807, 2.05) is 32.9 Å². The van der Waals surface area contributed by atoms with E-state index in [0.29, 0.717) is 23.5 Å². The first-order valence-corrected chi connectivity index (χ1v) is 11.8. The molecule has 1 aromatic heterocycles. The van der Waals surface area contributed by atoms with E-state index in [9.17, 15) is 15.0 Å². The lowest BCUT2D eigenvalue weighted by molar-refractivity contribution is 0.0951. The largest absolute Gasteiger partial charge is 0.508 e. The molecule has 1 aliphatic rings. The third kappa shape index (κ3) is 4.72. The van der Waals surface area contributed by atoms with Gasteiger partial charge < -0.3 is 15.5 Å². The van der Waals surface area contributed by atoms with Crippen LogP contribution < -0.4 is 5.32 Å². The molecule has 4 rings (SSSR count). The van der Waals surface area contributed by atoms with Crippen molar-refractivity contribution in [1.29, 1.82) is 0 Å². The van der Waals surface area contributed by atoms with Crippen molar-refractivity contribution in [3.8, 4) is 28.4 Å². The lowest BCUT2D eigenvalue weighted by atomic mass is 9.96. The number of aromatic hydroxyl groups is 2. The molecule has 3 N–H and O–H groups in total. The first-order valence-electron chi connectivity index (χ1n) is 11.8. The number of rotatable bonds is 7. The topological polar surface area (TPSA) is 100 Å². The number of benzene rings is 2. The van der Waals surface area contributed by atoms with Crippen LogP contribution in [0.2, 0.25) is 0 Å². The van der Waals surface area contributed by atoms with Gasteiger partial charge in [0.2, 0.25) is 0 Å². The number of carbonyl (C=O) groups excluding carboxylic acids is 1. The molecule has 7 nitrogen and oxygen atoms in total. The maximum atomic E-state index is 12.8. The Morgan fingerprint density at radius 2 is 1.82 bits per heavy atom. The van der Waals surface area contributed by atoms with Gasteiger partial charge in [0, 0.05) is 18.2 Å². The van der Waals surface area contributed by atoms with Gasteiger partial charge in [-0.25, -0.2) is 4.68 Å². The molecule has 1 aliphatic carbocycles. The predicted octanol–water partition coefficient (Wildman–Crippen LogP) is 4.95. The molecule has 0 radical (unpaired) electrons. The maximum absolute atomic E-state index is 12.8. The number of nitrogens with zero attached hydrogens (tertiary/aromatic N) is 3. The molecule has 1 fully saturated rings. The third-order valence-electron chi connectivity index (χ3n) is 6.42. The number of carbonyl (C=O) groups is 1. The molecule has 0 unspecified atom stereocenters. The minimum atomic E-state index is -0.323. The lowest BCUT2D eigenvalue weighted by Gasteiger charge is -2.15. The molecule has 0 aliphatic heterocycles. The zero-order chi connectivity index (χ0) is 23.5. The molecule has 0 spiro atoms. The van der Waals surface area contributed by atoms with Gasteiger partial charge >= 0.3 is 0 Å². The number of hydrogen-bond acceptors (Lipinski definition) is 5. The Hall–Kier alpha value is -3.35. The van der Waals surface area contributed by atoms with Gasteiger partial charge in [0.25, 0.3) is 5.91 Å². The first kappa shape index (κ1) is 22.8. The van der Waals surface area contributed by atoms with Crippen LogP contribution in [0.15, 0.2) is 36.4 Å². The Balaban J connectivity index is 1.79. The Morgan fingerprint density at radius 1 is 1.12 bits per heavy atom. The number of phenols is 2. The van der Waals surface area contributed by atoms with Crippen LogP contribution >= 0.6 is 0 Å². The van der Waals surface area contributed by atoms with Crippen molar-refractivity contribution in [2.75, 3.05) is 6.54 Å². The van der Waals surface area contributed by atoms with E-state index >= 15 is 0 Å². The second-order valence-corrected chi connectivity index (χ2v) is 9.16. The predicted molar refractivity (Wildman–Crippen MR) is 128 cm³/mol. The fourth-order valence-corrected chi connectivity index (χ4v) is 4.67. The second-order valence-electron chi connectivity index (χ2n) is 9.16. The van der Waals surface area contributed by atoms with Crippen molar-refractivity contribution in [2.24, 2.45) is 5.92 Å². The molecular weight excluding hydrogens is 416 g/mol. The summed E-state index contributed by atoms with van der Waals surface area (Å²) in [5, 5.41) is 32.1. The smallest absolute Gasteiger partial charge is 0.274 e. The van der Waals surface area contributed by atoms with Crippen molar-refractivity contribution >= 4 is 5.91 Å². The van der Waals surface area contributed by atoms with Gasteiger partial charge in [0.05, 0.1) is 0 Å². The molecule has 7 heteroatoms. The fourth-order valence-electron chi connectivity index (χ4n) is 4.67. The molecule has 33 heavy (non-hydrogen) atoms. The van der Waals surface area contributed by atoms with Crippen molar-refractivity contribution in [1.82, 2.24) is 20.3 Å². The highest BCUT2D eigenvalue weighted by Crippen LogP contribution is 2.37. The summed E-state index contributed by atoms with van der Waals surface area (Å²) in [6.45, 7) is 6.23. The standard InChI is InChI=1S/C26H32N4O3/c1-4-27-26(33)24-25(19-11-9-18(10-12-19)13-17-7-5-6-8-17)30(29-28-24)21-14-20(16(2)3)22(31)15-23(21)32/h9-12,14-17,31-32H,4-8,13H2,1-3H3,(H,27,33). The summed E-state index contributed by atoms with van der Waals surface area (Å²) < 4.78 is 1.48. The molecule has 1 saturated carbocycles. The minimum Gasteiger partial charge on any atom is -0.508 e. The number of hydrogen-bond donors (Lipinski definition) is 3. The Bertz CT molecular complexity index is 1130. The van der Waals surface area contributed by atoms with Gasteiger partial charge in [-0.1, -0.05) is 69.0 Å². The van der Waals surface area contributed by atoms with Crippen LogP contribution in [0.5, 0.6) is 11.5 Å². The average molecular weight is 449 g/mol. The van der Waals surface area contributed by atoms with Crippen LogP contribution in [0, 0.1) is 5.92 Å². The fraction of sp³-hybridized carbons (Fsp3) is 0.423. The van der Waals surface area contributed by atoms with E-state index in [4.69, 9.17) is 0 Å². The molecule has 1 amide bonds. The normalized spacial score (nSPS) is 14.2. The average Bonchev–Trinajstić information content (AvgIpc) is 3.44. The number of aromatic nitrogens is 3. The Labute approximate surface area is 194 Å². The summed E-state index contributed by atoms with van der Waals surface area (Å²) in [6.07, 6.45) is 6.28. The van der Waals surface area contributed by atoms with Gasteiger partial charge in [0.15, 0.2) is 5.69 Å². The summed E-state index contributed by atoms with van der Waals surface area (Å²) in [7, 11) is 0. The van der Waals surface area contributed by atoms with Gasteiger partial charge in [0.1, 0.15) is 22.9 Å². The van der Waals surface area contributed by atoms with Gasteiger partial charge in [-0.2, -0.15) is 0 Å². The zero-order valence-corrected chi connectivity index (χ0v) is 19.5. The van der Waals surface area contributed by atoms with Gasteiger partial charge in [-0.3, -0.25) is 4.79 Å². The lowest BCUT2D eigenvalue weighted by Crippen LogP contribution is -2.23. The van der Waals surface area contributed by atoms with Crippen LogP contribution in [0.1, 0.15) is 74.0 Å². The van der Waals surface area contributed by atoms with E-state index in [1.165, 1.54) is 42.0 Å². The van der Waals surface area contributed by atoms with E-state index in [0.717, 1.165) is 17.9 Å². The SMILES string of the molecule is CCNC(=O)c1nnn(-c2cc(C(C)C)c(O)cc2O)c1-c1ccc(CC2CCCC2)cc1. The summed E-state index contributed by atoms with van der Waals surface area (Å²) in [5.74, 6) is 0.346. The number of nitrogens with one attached hydrogen (secondary N) is 1. The molecule has 1 heterocycles. The minimum absolute atomic E-state index is 0.0214. The molecule has 174 valence electrons. The summed E-state index contributed by atoms with van der Waals surface area (Å²) >= 11 is 0. The van der Waals surface area contributed by atoms with E-state index in [1.54, 1.807) is 6.07 Å². The molecule has 3 aromatic rings. The quantitative estimate of drug-likeness (QED) is 0.475. The third-order valence-corrected chi connectivity index (χ3v) is 6.42. The van der Waals surface area contributed by atoms with Gasteiger partial charge in [-0.05, 0) is 42.4 Å². The van der Waals surface area contributed by atoms with E-state index in [2.05, 4.69) is 27.8 Å². The maximum Gasteiger partial charge on any atom is 0.274 e. The molecule has 2 aromatic carbocycles. The zero-order valence-electron chi connectivity index (χ0n) is 19.5. The highest BCUT2D eigenvalue weighted by Gasteiger charge is 2.24. The summed E-state index contributed by atoms with van der Waals surface area (Å²) in [4.78, 5) is 12.8. The number of amides is 1. The second kappa shape index (κ2) is 9.65. The van der Waals surface area contributed by atoms with Crippen molar-refractivity contribution in [2.45, 2.75) is 58.8 Å². The van der Waals surface area contributed by atoms with Crippen LogP contribution in [-0.2, 0) is 6.42 Å². The molecular formula is C26H32N4O3. The number of phenolic OH excluding ortho intramolecular Hbond substituents is 2. The first-order chi connectivity index (χ1) is 15.9. The Morgan fingerprint density at radius 3 is 2.45 bits per heavy atom. The van der Waals surface area contributed by atoms with Crippen LogP contribution in [0.4, 0.5) is 0 Å². The molecule has 0 atom stereocenters. The summed E-state index contributed by atoms with van der Waals surface area (Å²) in [6, 6.07) is 11.2. The molecule has 0 bridgehead atoms. The van der Waals surface area contributed by atoms with E-state index in [-0.39, 0.29) is 29.0 Å². The Kier molecular flexibility index (Phi) is 6.67. The van der Waals surface area contributed by atoms with Crippen LogP contribution in [-0.4, -0.2) is 37.7 Å². The van der Waals surface area contributed by atoms with Crippen molar-refractivity contribution in [3.05, 3.63) is 53.2 Å². The van der Waals surface area contributed by atoms with Crippen molar-refractivity contribution < 1.29 is 15.0 Å². The highest BCUT2D eigenvalue weighted by molar-refractivity contribution is 5.98. The highest BCUT2D eigenvalue weighted by atomic mass is 16.3. The van der Waals surface area contributed by atoms with E-state index < -0.39 is 0 Å². The molecule has 0 saturated heterocycles. The van der Waals surface area contributed by atoms with Crippen molar-refractivity contribution in [3.63, 3.8) is 0 Å². The van der Waals surface area contributed by atoms with Gasteiger partial charge in [-0.15, -0.1) is 5.10 Å². The van der Waals surface area contributed by atoms with Crippen LogP contribution in [0.25, 0.3) is 16.9 Å².